The van der Waals surface area contributed by atoms with Crippen molar-refractivity contribution in [1.82, 2.24) is 0 Å². The van der Waals surface area contributed by atoms with Crippen LogP contribution < -0.4 is 0 Å². The van der Waals surface area contributed by atoms with Crippen molar-refractivity contribution in [1.29, 1.82) is 0 Å². The molecule has 0 saturated heterocycles. The zero-order valence-corrected chi connectivity index (χ0v) is 9.84. The molecule has 0 aliphatic rings. The molecule has 0 aliphatic heterocycles. The molecule has 0 saturated carbocycles. The molecule has 0 atom stereocenters. The van der Waals surface area contributed by atoms with Gasteiger partial charge in [-0.25, -0.2) is 0 Å². The number of fused-ring (bicyclic) bond motifs is 1. The summed E-state index contributed by atoms with van der Waals surface area (Å²) < 4.78 is 5.82. The highest BCUT2D eigenvalue weighted by Crippen LogP contribution is 2.28. The minimum atomic E-state index is 0.527. The number of hydrogen-bond donors (Lipinski definition) is 0. The number of alkyl halides is 1. The molecule has 0 spiro atoms. The van der Waals surface area contributed by atoms with Crippen LogP contribution in [0.3, 0.4) is 0 Å². The van der Waals surface area contributed by atoms with Crippen molar-refractivity contribution in [2.24, 2.45) is 5.92 Å². The Morgan fingerprint density at radius 3 is 2.67 bits per heavy atom. The van der Waals surface area contributed by atoms with Gasteiger partial charge in [0, 0.05) is 17.4 Å². The van der Waals surface area contributed by atoms with Crippen LogP contribution in [0.25, 0.3) is 11.0 Å². The van der Waals surface area contributed by atoms with Gasteiger partial charge in [0.1, 0.15) is 11.3 Å². The number of hydrogen-bond acceptors (Lipinski definition) is 1. The maximum absolute atomic E-state index is 5.98. The van der Waals surface area contributed by atoms with Gasteiger partial charge in [0.05, 0.1) is 5.88 Å². The topological polar surface area (TPSA) is 13.1 Å². The average Bonchev–Trinajstić information content (AvgIpc) is 2.53. The van der Waals surface area contributed by atoms with E-state index in [0.29, 0.717) is 11.8 Å². The number of benzene rings is 1. The molecule has 0 unspecified atom stereocenters. The fraction of sp³-hybridized carbons (Fsp3) is 0.385. The SMILES string of the molecule is CC(C)Cc1oc2ccccc2c1CCl. The molecule has 2 aromatic rings. The first-order valence-electron chi connectivity index (χ1n) is 5.27. The molecule has 1 nitrogen and oxygen atoms in total. The minimum Gasteiger partial charge on any atom is -0.461 e. The number of para-hydroxylation sites is 1. The summed E-state index contributed by atoms with van der Waals surface area (Å²) in [5.41, 5.74) is 2.10. The summed E-state index contributed by atoms with van der Waals surface area (Å²) in [6, 6.07) is 8.08. The van der Waals surface area contributed by atoms with Gasteiger partial charge >= 0.3 is 0 Å². The van der Waals surface area contributed by atoms with Crippen LogP contribution in [0.15, 0.2) is 28.7 Å². The minimum absolute atomic E-state index is 0.527. The standard InChI is InChI=1S/C13H15ClO/c1-9(2)7-13-11(8-14)10-5-3-4-6-12(10)15-13/h3-6,9H,7-8H2,1-2H3. The second-order valence-corrected chi connectivity index (χ2v) is 4.50. The summed E-state index contributed by atoms with van der Waals surface area (Å²) in [5.74, 6) is 2.16. The summed E-state index contributed by atoms with van der Waals surface area (Å²) in [7, 11) is 0. The van der Waals surface area contributed by atoms with Gasteiger partial charge in [0.15, 0.2) is 0 Å². The van der Waals surface area contributed by atoms with Crippen LogP contribution >= 0.6 is 11.6 Å². The van der Waals surface area contributed by atoms with Crippen molar-refractivity contribution >= 4 is 22.6 Å². The van der Waals surface area contributed by atoms with Crippen molar-refractivity contribution < 1.29 is 4.42 Å². The van der Waals surface area contributed by atoms with Crippen molar-refractivity contribution in [3.8, 4) is 0 Å². The lowest BCUT2D eigenvalue weighted by atomic mass is 10.0. The molecule has 1 aromatic carbocycles. The summed E-state index contributed by atoms with van der Waals surface area (Å²) in [6.45, 7) is 4.37. The molecule has 2 rings (SSSR count). The van der Waals surface area contributed by atoms with Gasteiger partial charge in [-0.2, -0.15) is 0 Å². The Kier molecular flexibility index (Phi) is 3.01. The molecule has 1 heterocycles. The van der Waals surface area contributed by atoms with E-state index in [1.54, 1.807) is 0 Å². The molecular formula is C13H15ClO. The normalized spacial score (nSPS) is 11.5. The first-order chi connectivity index (χ1) is 7.22. The van der Waals surface area contributed by atoms with E-state index in [9.17, 15) is 0 Å². The Balaban J connectivity index is 2.54. The molecule has 2 heteroatoms. The molecule has 15 heavy (non-hydrogen) atoms. The summed E-state index contributed by atoms with van der Waals surface area (Å²) in [6.07, 6.45) is 0.955. The van der Waals surface area contributed by atoms with Crippen LogP contribution in [0.4, 0.5) is 0 Å². The first kappa shape index (κ1) is 10.6. The Bertz CT molecular complexity index is 457. The van der Waals surface area contributed by atoms with E-state index in [-0.39, 0.29) is 0 Å². The van der Waals surface area contributed by atoms with Crippen molar-refractivity contribution in [2.45, 2.75) is 26.1 Å². The first-order valence-corrected chi connectivity index (χ1v) is 5.81. The molecular weight excluding hydrogens is 208 g/mol. The van der Waals surface area contributed by atoms with Gasteiger partial charge in [-0.1, -0.05) is 32.0 Å². The highest BCUT2D eigenvalue weighted by atomic mass is 35.5. The van der Waals surface area contributed by atoms with Gasteiger partial charge in [-0.15, -0.1) is 11.6 Å². The molecule has 0 N–H and O–H groups in total. The van der Waals surface area contributed by atoms with E-state index in [0.717, 1.165) is 28.7 Å². The van der Waals surface area contributed by atoms with E-state index in [4.69, 9.17) is 16.0 Å². The van der Waals surface area contributed by atoms with Crippen LogP contribution in [0.2, 0.25) is 0 Å². The highest BCUT2D eigenvalue weighted by Gasteiger charge is 2.13. The van der Waals surface area contributed by atoms with Gasteiger partial charge < -0.3 is 4.42 Å². The fourth-order valence-corrected chi connectivity index (χ4v) is 2.12. The Morgan fingerprint density at radius 2 is 2.00 bits per heavy atom. The maximum Gasteiger partial charge on any atom is 0.134 e. The largest absolute Gasteiger partial charge is 0.461 e. The van der Waals surface area contributed by atoms with Crippen molar-refractivity contribution in [3.05, 3.63) is 35.6 Å². The molecule has 0 fully saturated rings. The lowest BCUT2D eigenvalue weighted by Gasteiger charge is -2.02. The van der Waals surface area contributed by atoms with E-state index < -0.39 is 0 Å². The van der Waals surface area contributed by atoms with E-state index in [2.05, 4.69) is 19.9 Å². The van der Waals surface area contributed by atoms with Crippen LogP contribution in [0, 0.1) is 5.92 Å². The summed E-state index contributed by atoms with van der Waals surface area (Å²) in [4.78, 5) is 0. The molecule has 0 amide bonds. The lowest BCUT2D eigenvalue weighted by Crippen LogP contribution is -1.94. The Morgan fingerprint density at radius 1 is 1.27 bits per heavy atom. The van der Waals surface area contributed by atoms with Crippen LogP contribution in [-0.4, -0.2) is 0 Å². The number of rotatable bonds is 3. The lowest BCUT2D eigenvalue weighted by molar-refractivity contribution is 0.496. The quantitative estimate of drug-likeness (QED) is 0.703. The molecule has 0 radical (unpaired) electrons. The zero-order valence-electron chi connectivity index (χ0n) is 9.09. The summed E-state index contributed by atoms with van der Waals surface area (Å²) >= 11 is 5.98. The number of halogens is 1. The molecule has 0 bridgehead atoms. The zero-order chi connectivity index (χ0) is 10.8. The third-order valence-electron chi connectivity index (χ3n) is 2.51. The molecule has 1 aromatic heterocycles. The molecule has 80 valence electrons. The van der Waals surface area contributed by atoms with Gasteiger partial charge in [-0.05, 0) is 12.0 Å². The number of furan rings is 1. The average molecular weight is 223 g/mol. The van der Waals surface area contributed by atoms with Gasteiger partial charge in [-0.3, -0.25) is 0 Å². The Labute approximate surface area is 95.0 Å². The van der Waals surface area contributed by atoms with Crippen LogP contribution in [0.5, 0.6) is 0 Å². The predicted molar refractivity (Wildman–Crippen MR) is 64.3 cm³/mol. The van der Waals surface area contributed by atoms with E-state index in [1.165, 1.54) is 0 Å². The summed E-state index contributed by atoms with van der Waals surface area (Å²) in [5, 5.41) is 1.16. The van der Waals surface area contributed by atoms with Crippen molar-refractivity contribution in [2.75, 3.05) is 0 Å². The maximum atomic E-state index is 5.98. The van der Waals surface area contributed by atoms with Gasteiger partial charge in [0.25, 0.3) is 0 Å². The van der Waals surface area contributed by atoms with Crippen LogP contribution in [0.1, 0.15) is 25.2 Å². The fourth-order valence-electron chi connectivity index (χ4n) is 1.83. The highest BCUT2D eigenvalue weighted by molar-refractivity contribution is 6.18. The third kappa shape index (κ3) is 2.03. The smallest absolute Gasteiger partial charge is 0.134 e. The van der Waals surface area contributed by atoms with E-state index >= 15 is 0 Å². The van der Waals surface area contributed by atoms with E-state index in [1.807, 2.05) is 18.2 Å². The third-order valence-corrected chi connectivity index (χ3v) is 2.78. The predicted octanol–water partition coefficient (Wildman–Crippen LogP) is 4.37. The molecule has 0 aliphatic carbocycles. The second-order valence-electron chi connectivity index (χ2n) is 4.23. The van der Waals surface area contributed by atoms with Crippen LogP contribution in [-0.2, 0) is 12.3 Å². The second kappa shape index (κ2) is 4.28. The Hall–Kier alpha value is -0.950. The van der Waals surface area contributed by atoms with Crippen molar-refractivity contribution in [3.63, 3.8) is 0 Å². The monoisotopic (exact) mass is 222 g/mol. The van der Waals surface area contributed by atoms with Gasteiger partial charge in [0.2, 0.25) is 0 Å².